The molecule has 0 atom stereocenters. The zero-order valence-electron chi connectivity index (χ0n) is 9.33. The van der Waals surface area contributed by atoms with Crippen molar-refractivity contribution in [3.8, 4) is 0 Å². The first-order valence-corrected chi connectivity index (χ1v) is 5.10. The predicted octanol–water partition coefficient (Wildman–Crippen LogP) is 3.26. The van der Waals surface area contributed by atoms with Gasteiger partial charge in [0.25, 0.3) is 0 Å². The van der Waals surface area contributed by atoms with Gasteiger partial charge in [-0.2, -0.15) is 8.78 Å². The van der Waals surface area contributed by atoms with E-state index in [1.165, 1.54) is 10.6 Å². The van der Waals surface area contributed by atoms with Crippen LogP contribution in [0.5, 0.6) is 0 Å². The van der Waals surface area contributed by atoms with Crippen LogP contribution in [0, 0.1) is 0 Å². The summed E-state index contributed by atoms with van der Waals surface area (Å²) in [4.78, 5) is 11.5. The van der Waals surface area contributed by atoms with E-state index in [9.17, 15) is 22.4 Å². The molecule has 0 aliphatic heterocycles. The van der Waals surface area contributed by atoms with E-state index >= 15 is 0 Å². The molecular weight excluding hydrogens is 250 g/mol. The van der Waals surface area contributed by atoms with Crippen LogP contribution in [0.1, 0.15) is 10.4 Å². The lowest BCUT2D eigenvalue weighted by molar-refractivity contribution is -0.0957. The fourth-order valence-corrected chi connectivity index (χ4v) is 1.80. The monoisotopic (exact) mass is 259 g/mol. The number of benzene rings is 1. The highest BCUT2D eigenvalue weighted by Gasteiger charge is 2.49. The first-order valence-electron chi connectivity index (χ1n) is 5.10. The van der Waals surface area contributed by atoms with Gasteiger partial charge in [-0.05, 0) is 6.07 Å². The van der Waals surface area contributed by atoms with Crippen molar-refractivity contribution in [3.05, 3.63) is 36.0 Å². The number of para-hydroxylation sites is 1. The molecule has 2 rings (SSSR count). The maximum atomic E-state index is 13.1. The number of Topliss-reactive ketones (excluding diaryl/α,β-unsaturated/α-hetero) is 1. The number of hydrogen-bond donors (Lipinski definition) is 0. The summed E-state index contributed by atoms with van der Waals surface area (Å²) in [7, 11) is 1.56. The summed E-state index contributed by atoms with van der Waals surface area (Å²) < 4.78 is 51.9. The summed E-state index contributed by atoms with van der Waals surface area (Å²) in [6, 6.07) is 6.29. The summed E-state index contributed by atoms with van der Waals surface area (Å²) >= 11 is 0. The Kier molecular flexibility index (Phi) is 2.88. The SMILES string of the molecule is Cn1cc(C(=O)C(F)(F)C(F)F)c2ccccc21. The zero-order chi connectivity index (χ0) is 13.5. The Morgan fingerprint density at radius 2 is 1.89 bits per heavy atom. The fourth-order valence-electron chi connectivity index (χ4n) is 1.80. The molecule has 0 saturated heterocycles. The quantitative estimate of drug-likeness (QED) is 0.612. The molecule has 0 N–H and O–H groups in total. The minimum absolute atomic E-state index is 0.241. The molecule has 18 heavy (non-hydrogen) atoms. The van der Waals surface area contributed by atoms with E-state index in [-0.39, 0.29) is 5.39 Å². The zero-order valence-corrected chi connectivity index (χ0v) is 9.33. The van der Waals surface area contributed by atoms with Crippen LogP contribution >= 0.6 is 0 Å². The van der Waals surface area contributed by atoms with Gasteiger partial charge in [-0.15, -0.1) is 0 Å². The highest BCUT2D eigenvalue weighted by Crippen LogP contribution is 2.31. The molecule has 0 unspecified atom stereocenters. The van der Waals surface area contributed by atoms with Crippen molar-refractivity contribution in [2.24, 2.45) is 7.05 Å². The number of rotatable bonds is 3. The standard InChI is InChI=1S/C12H9F4NO/c1-17-6-8(7-4-2-3-5-9(7)17)10(18)12(15,16)11(13)14/h2-6,11H,1H3. The Balaban J connectivity index is 2.59. The number of halogens is 4. The molecule has 2 aromatic rings. The van der Waals surface area contributed by atoms with Crippen LogP contribution in [-0.2, 0) is 7.05 Å². The minimum Gasteiger partial charge on any atom is -0.350 e. The number of aryl methyl sites for hydroxylation is 1. The summed E-state index contributed by atoms with van der Waals surface area (Å²) in [5.41, 5.74) is 0.143. The molecule has 0 radical (unpaired) electrons. The van der Waals surface area contributed by atoms with E-state index in [1.807, 2.05) is 0 Å². The Labute approximate surface area is 99.8 Å². The second kappa shape index (κ2) is 4.12. The van der Waals surface area contributed by atoms with Gasteiger partial charge < -0.3 is 4.57 Å². The molecular formula is C12H9F4NO. The molecule has 0 spiro atoms. The Hall–Kier alpha value is -1.85. The number of hydrogen-bond acceptors (Lipinski definition) is 1. The molecule has 0 saturated carbocycles. The number of nitrogens with zero attached hydrogens (tertiary/aromatic N) is 1. The normalized spacial score (nSPS) is 12.3. The van der Waals surface area contributed by atoms with Crippen molar-refractivity contribution >= 4 is 16.7 Å². The summed E-state index contributed by atoms with van der Waals surface area (Å²) in [6.07, 6.45) is -2.87. The van der Waals surface area contributed by atoms with Crippen molar-refractivity contribution in [2.45, 2.75) is 12.3 Å². The average molecular weight is 259 g/mol. The first kappa shape index (κ1) is 12.6. The lowest BCUT2D eigenvalue weighted by Gasteiger charge is -2.12. The maximum absolute atomic E-state index is 13.1. The van der Waals surface area contributed by atoms with Crippen molar-refractivity contribution in [2.75, 3.05) is 0 Å². The summed E-state index contributed by atoms with van der Waals surface area (Å²) in [5, 5.41) is 0.241. The second-order valence-corrected chi connectivity index (χ2v) is 3.92. The van der Waals surface area contributed by atoms with Crippen LogP contribution in [0.25, 0.3) is 10.9 Å². The van der Waals surface area contributed by atoms with Crippen LogP contribution in [0.2, 0.25) is 0 Å². The van der Waals surface area contributed by atoms with Gasteiger partial charge in [0.1, 0.15) is 0 Å². The molecule has 0 amide bonds. The van der Waals surface area contributed by atoms with E-state index < -0.39 is 23.7 Å². The minimum atomic E-state index is -4.66. The molecule has 0 aliphatic rings. The van der Waals surface area contributed by atoms with Gasteiger partial charge >= 0.3 is 12.3 Å². The molecule has 0 bridgehead atoms. The van der Waals surface area contributed by atoms with Gasteiger partial charge in [0.15, 0.2) is 0 Å². The Morgan fingerprint density at radius 3 is 2.50 bits per heavy atom. The maximum Gasteiger partial charge on any atom is 0.368 e. The summed E-state index contributed by atoms with van der Waals surface area (Å²) in [5.74, 6) is -6.52. The van der Waals surface area contributed by atoms with E-state index in [0.29, 0.717) is 5.52 Å². The van der Waals surface area contributed by atoms with Crippen LogP contribution in [0.15, 0.2) is 30.5 Å². The van der Waals surface area contributed by atoms with E-state index in [1.54, 1.807) is 25.2 Å². The first-order chi connectivity index (χ1) is 8.35. The lowest BCUT2D eigenvalue weighted by Crippen LogP contribution is -2.36. The van der Waals surface area contributed by atoms with Crippen molar-refractivity contribution in [1.82, 2.24) is 4.57 Å². The lowest BCUT2D eigenvalue weighted by atomic mass is 10.0. The van der Waals surface area contributed by atoms with Gasteiger partial charge in [-0.25, -0.2) is 8.78 Å². The predicted molar refractivity (Wildman–Crippen MR) is 58.2 cm³/mol. The van der Waals surface area contributed by atoms with E-state index in [4.69, 9.17) is 0 Å². The third kappa shape index (κ3) is 1.77. The molecule has 1 heterocycles. The number of alkyl halides is 4. The highest BCUT2D eigenvalue weighted by atomic mass is 19.3. The molecule has 1 aromatic carbocycles. The summed E-state index contributed by atoms with van der Waals surface area (Å²) in [6.45, 7) is 0. The highest BCUT2D eigenvalue weighted by molar-refractivity contribution is 6.11. The third-order valence-corrected chi connectivity index (χ3v) is 2.72. The molecule has 0 aliphatic carbocycles. The van der Waals surface area contributed by atoms with Crippen LogP contribution < -0.4 is 0 Å². The molecule has 1 aromatic heterocycles. The van der Waals surface area contributed by atoms with Gasteiger partial charge in [-0.3, -0.25) is 4.79 Å². The molecule has 0 fully saturated rings. The van der Waals surface area contributed by atoms with Crippen molar-refractivity contribution < 1.29 is 22.4 Å². The molecule has 96 valence electrons. The Morgan fingerprint density at radius 1 is 1.28 bits per heavy atom. The number of carbonyl (C=O) groups excluding carboxylic acids is 1. The van der Waals surface area contributed by atoms with E-state index in [2.05, 4.69) is 0 Å². The Bertz CT molecular complexity index is 603. The molecule has 6 heteroatoms. The topological polar surface area (TPSA) is 22.0 Å². The van der Waals surface area contributed by atoms with Gasteiger partial charge in [-0.1, -0.05) is 18.2 Å². The van der Waals surface area contributed by atoms with Gasteiger partial charge in [0, 0.05) is 29.7 Å². The van der Waals surface area contributed by atoms with Crippen molar-refractivity contribution in [3.63, 3.8) is 0 Å². The number of carbonyl (C=O) groups is 1. The van der Waals surface area contributed by atoms with Crippen LogP contribution in [-0.4, -0.2) is 22.7 Å². The van der Waals surface area contributed by atoms with Gasteiger partial charge in [0.2, 0.25) is 5.78 Å². The van der Waals surface area contributed by atoms with Crippen molar-refractivity contribution in [1.29, 1.82) is 0 Å². The molecule has 2 nitrogen and oxygen atoms in total. The third-order valence-electron chi connectivity index (χ3n) is 2.72. The smallest absolute Gasteiger partial charge is 0.350 e. The average Bonchev–Trinajstić information content (AvgIpc) is 2.66. The second-order valence-electron chi connectivity index (χ2n) is 3.92. The van der Waals surface area contributed by atoms with Crippen LogP contribution in [0.4, 0.5) is 17.6 Å². The fraction of sp³-hybridized carbons (Fsp3) is 0.250. The van der Waals surface area contributed by atoms with E-state index in [0.717, 1.165) is 6.20 Å². The number of ketones is 1. The number of fused-ring (bicyclic) bond motifs is 1. The van der Waals surface area contributed by atoms with Gasteiger partial charge in [0.05, 0.1) is 0 Å². The van der Waals surface area contributed by atoms with Crippen LogP contribution in [0.3, 0.4) is 0 Å². The largest absolute Gasteiger partial charge is 0.368 e. The number of aromatic nitrogens is 1.